The highest BCUT2D eigenvalue weighted by atomic mass is 16.5. The second-order valence-electron chi connectivity index (χ2n) is 4.73. The average Bonchev–Trinajstić information content (AvgIpc) is 2.29. The van der Waals surface area contributed by atoms with Crippen LogP contribution in [0.3, 0.4) is 0 Å². The Morgan fingerprint density at radius 3 is 2.53 bits per heavy atom. The molecule has 0 spiro atoms. The topological polar surface area (TPSA) is 38.3 Å². The van der Waals surface area contributed by atoms with E-state index in [-0.39, 0.29) is 17.4 Å². The van der Waals surface area contributed by atoms with Crippen molar-refractivity contribution in [2.45, 2.75) is 26.3 Å². The lowest BCUT2D eigenvalue weighted by Crippen LogP contribution is -2.54. The second kappa shape index (κ2) is 4.88. The number of hydrogen-bond donors (Lipinski definition) is 1. The predicted molar refractivity (Wildman–Crippen MR) is 66.5 cm³/mol. The first kappa shape index (κ1) is 12.1. The summed E-state index contributed by atoms with van der Waals surface area (Å²) in [5.41, 5.74) is 0.843. The molecule has 1 atom stereocenters. The van der Waals surface area contributed by atoms with Crippen LogP contribution in [0.15, 0.2) is 30.3 Å². The van der Waals surface area contributed by atoms with Gasteiger partial charge in [-0.05, 0) is 18.9 Å². The molecule has 1 aromatic carbocycles. The van der Waals surface area contributed by atoms with Gasteiger partial charge in [-0.3, -0.25) is 4.79 Å². The van der Waals surface area contributed by atoms with Crippen molar-refractivity contribution in [2.24, 2.45) is 5.41 Å². The van der Waals surface area contributed by atoms with Crippen LogP contribution in [-0.2, 0) is 9.53 Å². The molecule has 0 radical (unpaired) electrons. The third kappa shape index (κ3) is 2.34. The Balaban J connectivity index is 1.99. The zero-order valence-corrected chi connectivity index (χ0v) is 10.4. The maximum Gasteiger partial charge on any atom is 0.231 e. The molecule has 2 rings (SSSR count). The summed E-state index contributed by atoms with van der Waals surface area (Å²) in [5, 5.41) is 3.07. The van der Waals surface area contributed by atoms with Gasteiger partial charge in [-0.25, -0.2) is 0 Å². The number of carbonyl (C=O) groups is 1. The molecule has 1 amide bonds. The number of hydrogen-bond acceptors (Lipinski definition) is 2. The van der Waals surface area contributed by atoms with Crippen LogP contribution < -0.4 is 5.32 Å². The number of benzene rings is 1. The first-order chi connectivity index (χ1) is 8.18. The van der Waals surface area contributed by atoms with E-state index in [1.54, 1.807) is 0 Å². The van der Waals surface area contributed by atoms with E-state index >= 15 is 0 Å². The summed E-state index contributed by atoms with van der Waals surface area (Å²) < 4.78 is 5.18. The van der Waals surface area contributed by atoms with Gasteiger partial charge in [0.05, 0.1) is 24.7 Å². The molecule has 0 aromatic heterocycles. The zero-order valence-electron chi connectivity index (χ0n) is 10.4. The molecule has 1 heterocycles. The van der Waals surface area contributed by atoms with Crippen molar-refractivity contribution >= 4 is 5.91 Å². The van der Waals surface area contributed by atoms with E-state index in [2.05, 4.69) is 5.32 Å². The van der Waals surface area contributed by atoms with Crippen LogP contribution in [0.1, 0.15) is 31.9 Å². The average molecular weight is 233 g/mol. The molecule has 17 heavy (non-hydrogen) atoms. The Morgan fingerprint density at radius 1 is 1.41 bits per heavy atom. The van der Waals surface area contributed by atoms with Crippen LogP contribution in [0.25, 0.3) is 0 Å². The molecular weight excluding hydrogens is 214 g/mol. The van der Waals surface area contributed by atoms with E-state index in [1.165, 1.54) is 0 Å². The highest BCUT2D eigenvalue weighted by molar-refractivity contribution is 5.84. The van der Waals surface area contributed by atoms with E-state index in [0.29, 0.717) is 13.2 Å². The molecule has 1 aromatic rings. The molecule has 1 aliphatic rings. The van der Waals surface area contributed by atoms with E-state index in [1.807, 2.05) is 44.2 Å². The van der Waals surface area contributed by atoms with E-state index in [4.69, 9.17) is 4.74 Å². The minimum absolute atomic E-state index is 0.0488. The molecule has 0 aliphatic carbocycles. The second-order valence-corrected chi connectivity index (χ2v) is 4.73. The number of nitrogens with one attached hydrogen (secondary N) is 1. The van der Waals surface area contributed by atoms with Crippen molar-refractivity contribution in [1.29, 1.82) is 0 Å². The fourth-order valence-corrected chi connectivity index (χ4v) is 2.02. The lowest BCUT2D eigenvalue weighted by molar-refractivity contribution is -0.163. The van der Waals surface area contributed by atoms with Crippen LogP contribution >= 0.6 is 0 Å². The van der Waals surface area contributed by atoms with Crippen molar-refractivity contribution in [3.8, 4) is 0 Å². The molecule has 1 unspecified atom stereocenters. The summed E-state index contributed by atoms with van der Waals surface area (Å²) in [7, 11) is 0. The van der Waals surface area contributed by atoms with Gasteiger partial charge in [-0.15, -0.1) is 0 Å². The molecule has 3 nitrogen and oxygen atoms in total. The van der Waals surface area contributed by atoms with Crippen molar-refractivity contribution in [3.05, 3.63) is 35.9 Å². The van der Waals surface area contributed by atoms with Crippen molar-refractivity contribution < 1.29 is 9.53 Å². The highest BCUT2D eigenvalue weighted by Gasteiger charge is 2.44. The molecule has 1 aliphatic heterocycles. The fraction of sp³-hybridized carbons (Fsp3) is 0.500. The first-order valence-corrected chi connectivity index (χ1v) is 6.11. The van der Waals surface area contributed by atoms with Gasteiger partial charge in [0, 0.05) is 0 Å². The SMILES string of the molecule is CCC1(C(=O)NC(C)c2ccccc2)COC1. The molecule has 92 valence electrons. The van der Waals surface area contributed by atoms with Crippen molar-refractivity contribution in [3.63, 3.8) is 0 Å². The predicted octanol–water partition coefficient (Wildman–Crippen LogP) is 2.29. The molecule has 0 bridgehead atoms. The largest absolute Gasteiger partial charge is 0.379 e. The van der Waals surface area contributed by atoms with E-state index in [0.717, 1.165) is 12.0 Å². The number of rotatable bonds is 4. The van der Waals surface area contributed by atoms with Gasteiger partial charge in [-0.1, -0.05) is 37.3 Å². The molecule has 1 N–H and O–H groups in total. The molecule has 0 saturated carbocycles. The number of carbonyl (C=O) groups excluding carboxylic acids is 1. The monoisotopic (exact) mass is 233 g/mol. The molecule has 1 fully saturated rings. The first-order valence-electron chi connectivity index (χ1n) is 6.11. The zero-order chi connectivity index (χ0) is 12.3. The van der Waals surface area contributed by atoms with Gasteiger partial charge in [0.15, 0.2) is 0 Å². The van der Waals surface area contributed by atoms with Crippen LogP contribution in [0.2, 0.25) is 0 Å². The van der Waals surface area contributed by atoms with Gasteiger partial charge in [0.2, 0.25) is 5.91 Å². The third-order valence-corrected chi connectivity index (χ3v) is 3.56. The quantitative estimate of drug-likeness (QED) is 0.866. The standard InChI is InChI=1S/C14H19NO2/c1-3-14(9-17-10-14)13(16)15-11(2)12-7-5-4-6-8-12/h4-8,11H,3,9-10H2,1-2H3,(H,15,16). The van der Waals surface area contributed by atoms with Gasteiger partial charge in [-0.2, -0.15) is 0 Å². The summed E-state index contributed by atoms with van der Waals surface area (Å²) in [6.45, 7) is 5.15. The summed E-state index contributed by atoms with van der Waals surface area (Å²) >= 11 is 0. The fourth-order valence-electron chi connectivity index (χ4n) is 2.02. The maximum absolute atomic E-state index is 12.2. The maximum atomic E-state index is 12.2. The summed E-state index contributed by atoms with van der Waals surface area (Å²) in [4.78, 5) is 12.2. The van der Waals surface area contributed by atoms with Gasteiger partial charge in [0.1, 0.15) is 0 Å². The smallest absolute Gasteiger partial charge is 0.231 e. The van der Waals surface area contributed by atoms with Crippen LogP contribution in [-0.4, -0.2) is 19.1 Å². The lowest BCUT2D eigenvalue weighted by Gasteiger charge is -2.39. The minimum Gasteiger partial charge on any atom is -0.379 e. The Hall–Kier alpha value is -1.35. The van der Waals surface area contributed by atoms with Gasteiger partial charge < -0.3 is 10.1 Å². The lowest BCUT2D eigenvalue weighted by atomic mass is 9.82. The third-order valence-electron chi connectivity index (χ3n) is 3.56. The normalized spacial score (nSPS) is 19.2. The molecule has 1 saturated heterocycles. The van der Waals surface area contributed by atoms with Crippen LogP contribution in [0, 0.1) is 5.41 Å². The molecule has 3 heteroatoms. The van der Waals surface area contributed by atoms with E-state index < -0.39 is 0 Å². The summed E-state index contributed by atoms with van der Waals surface area (Å²) in [6, 6.07) is 10.1. The molecular formula is C14H19NO2. The van der Waals surface area contributed by atoms with Gasteiger partial charge >= 0.3 is 0 Å². The Labute approximate surface area is 102 Å². The van der Waals surface area contributed by atoms with E-state index in [9.17, 15) is 4.79 Å². The minimum atomic E-state index is -0.289. The van der Waals surface area contributed by atoms with Crippen molar-refractivity contribution in [1.82, 2.24) is 5.32 Å². The summed E-state index contributed by atoms with van der Waals surface area (Å²) in [5.74, 6) is 0.114. The Morgan fingerprint density at radius 2 is 2.06 bits per heavy atom. The van der Waals surface area contributed by atoms with Gasteiger partial charge in [0.25, 0.3) is 0 Å². The van der Waals surface area contributed by atoms with Crippen LogP contribution in [0.5, 0.6) is 0 Å². The number of ether oxygens (including phenoxy) is 1. The highest BCUT2D eigenvalue weighted by Crippen LogP contribution is 2.32. The summed E-state index contributed by atoms with van der Waals surface area (Å²) in [6.07, 6.45) is 0.834. The number of amides is 1. The van der Waals surface area contributed by atoms with Crippen LogP contribution in [0.4, 0.5) is 0 Å². The Kier molecular flexibility index (Phi) is 3.48. The van der Waals surface area contributed by atoms with Crippen molar-refractivity contribution in [2.75, 3.05) is 13.2 Å². The Bertz CT molecular complexity index is 379.